The minimum atomic E-state index is -4.25. The SMILES string of the molecule is CN(CC(C)(C)O)S(=O)(=O)c1cc(S(C)(=O)=O)ccc1F. The van der Waals surface area contributed by atoms with E-state index in [-0.39, 0.29) is 11.4 Å². The van der Waals surface area contributed by atoms with Crippen LogP contribution < -0.4 is 0 Å². The van der Waals surface area contributed by atoms with Crippen LogP contribution in [0.15, 0.2) is 28.0 Å². The van der Waals surface area contributed by atoms with Crippen molar-refractivity contribution in [3.63, 3.8) is 0 Å². The van der Waals surface area contributed by atoms with Crippen LogP contribution in [0.5, 0.6) is 0 Å². The van der Waals surface area contributed by atoms with Crippen LogP contribution in [0.25, 0.3) is 0 Å². The van der Waals surface area contributed by atoms with E-state index in [1.165, 1.54) is 20.9 Å². The highest BCUT2D eigenvalue weighted by molar-refractivity contribution is 7.91. The molecule has 0 radical (unpaired) electrons. The molecule has 0 saturated heterocycles. The van der Waals surface area contributed by atoms with Gasteiger partial charge in [0, 0.05) is 19.8 Å². The zero-order valence-corrected chi connectivity index (χ0v) is 13.8. The first-order chi connectivity index (χ1) is 9.25. The standard InChI is InChI=1S/C12H18FNO5S2/c1-12(2,15)8-14(3)21(18,19)11-7-9(20(4,16)17)5-6-10(11)13/h5-7,15H,8H2,1-4H3. The van der Waals surface area contributed by atoms with Crippen molar-refractivity contribution >= 4 is 19.9 Å². The van der Waals surface area contributed by atoms with E-state index in [1.54, 1.807) is 0 Å². The number of rotatable bonds is 5. The fraction of sp³-hybridized carbons (Fsp3) is 0.500. The van der Waals surface area contributed by atoms with Gasteiger partial charge >= 0.3 is 0 Å². The van der Waals surface area contributed by atoms with Crippen molar-refractivity contribution in [2.75, 3.05) is 19.8 Å². The lowest BCUT2D eigenvalue weighted by Crippen LogP contribution is -2.40. The Kier molecular flexibility index (Phi) is 4.84. The summed E-state index contributed by atoms with van der Waals surface area (Å²) in [6.45, 7) is 2.54. The van der Waals surface area contributed by atoms with E-state index >= 15 is 0 Å². The van der Waals surface area contributed by atoms with Gasteiger partial charge < -0.3 is 5.11 Å². The molecule has 0 atom stereocenters. The molecule has 120 valence electrons. The zero-order valence-electron chi connectivity index (χ0n) is 12.2. The van der Waals surface area contributed by atoms with Gasteiger partial charge in [-0.1, -0.05) is 0 Å². The molecule has 0 fully saturated rings. The second-order valence-electron chi connectivity index (χ2n) is 5.44. The molecule has 1 rings (SSSR count). The summed E-state index contributed by atoms with van der Waals surface area (Å²) >= 11 is 0. The largest absolute Gasteiger partial charge is 0.389 e. The number of sulfonamides is 1. The van der Waals surface area contributed by atoms with E-state index in [0.29, 0.717) is 0 Å². The number of halogens is 1. The number of hydrogen-bond donors (Lipinski definition) is 1. The molecular weight excluding hydrogens is 321 g/mol. The van der Waals surface area contributed by atoms with E-state index in [0.717, 1.165) is 28.8 Å². The van der Waals surface area contributed by atoms with Gasteiger partial charge in [-0.25, -0.2) is 21.2 Å². The molecule has 0 aromatic heterocycles. The maximum absolute atomic E-state index is 13.8. The van der Waals surface area contributed by atoms with Crippen molar-refractivity contribution in [2.24, 2.45) is 0 Å². The van der Waals surface area contributed by atoms with Crippen LogP contribution in [0.4, 0.5) is 4.39 Å². The molecule has 1 aromatic carbocycles. The van der Waals surface area contributed by atoms with Gasteiger partial charge in [-0.05, 0) is 32.0 Å². The summed E-state index contributed by atoms with van der Waals surface area (Å²) in [5.74, 6) is -1.05. The van der Waals surface area contributed by atoms with Crippen LogP contribution in [-0.4, -0.2) is 51.7 Å². The molecule has 0 amide bonds. The smallest absolute Gasteiger partial charge is 0.245 e. The number of sulfone groups is 1. The first-order valence-corrected chi connectivity index (χ1v) is 9.26. The fourth-order valence-electron chi connectivity index (χ4n) is 1.71. The number of benzene rings is 1. The Morgan fingerprint density at radius 2 is 1.76 bits per heavy atom. The average molecular weight is 339 g/mol. The third kappa shape index (κ3) is 4.47. The summed E-state index contributed by atoms with van der Waals surface area (Å²) in [6, 6.07) is 2.57. The van der Waals surface area contributed by atoms with Gasteiger partial charge in [0.2, 0.25) is 10.0 Å². The van der Waals surface area contributed by atoms with Crippen molar-refractivity contribution in [3.05, 3.63) is 24.0 Å². The van der Waals surface area contributed by atoms with Crippen molar-refractivity contribution < 1.29 is 26.3 Å². The summed E-state index contributed by atoms with van der Waals surface area (Å²) in [4.78, 5) is -1.03. The van der Waals surface area contributed by atoms with E-state index in [4.69, 9.17) is 0 Å². The highest BCUT2D eigenvalue weighted by Crippen LogP contribution is 2.23. The van der Waals surface area contributed by atoms with Gasteiger partial charge in [-0.3, -0.25) is 0 Å². The molecule has 0 aliphatic heterocycles. The Balaban J connectivity index is 3.38. The Morgan fingerprint density at radius 3 is 2.19 bits per heavy atom. The summed E-state index contributed by atoms with van der Waals surface area (Å²) < 4.78 is 62.0. The lowest BCUT2D eigenvalue weighted by atomic mass is 10.1. The molecule has 9 heteroatoms. The van der Waals surface area contributed by atoms with Crippen LogP contribution in [0, 0.1) is 5.82 Å². The Labute approximate surface area is 124 Å². The predicted octanol–water partition coefficient (Wildman–Crippen LogP) is 0.621. The predicted molar refractivity (Wildman–Crippen MR) is 75.6 cm³/mol. The fourth-order valence-corrected chi connectivity index (χ4v) is 3.84. The van der Waals surface area contributed by atoms with Crippen LogP contribution in [0.1, 0.15) is 13.8 Å². The van der Waals surface area contributed by atoms with Crippen LogP contribution in [0.3, 0.4) is 0 Å². The minimum absolute atomic E-state index is 0.266. The molecule has 0 spiro atoms. The molecule has 1 N–H and O–H groups in total. The molecular formula is C12H18FNO5S2. The molecule has 0 saturated carbocycles. The van der Waals surface area contributed by atoms with Gasteiger partial charge in [0.1, 0.15) is 10.7 Å². The van der Waals surface area contributed by atoms with Crippen LogP contribution in [-0.2, 0) is 19.9 Å². The maximum atomic E-state index is 13.8. The molecule has 0 heterocycles. The van der Waals surface area contributed by atoms with Gasteiger partial charge in [0.25, 0.3) is 0 Å². The summed E-state index contributed by atoms with van der Waals surface area (Å²) in [7, 11) is -6.73. The molecule has 0 bridgehead atoms. The lowest BCUT2D eigenvalue weighted by Gasteiger charge is -2.25. The van der Waals surface area contributed by atoms with Crippen molar-refractivity contribution in [3.8, 4) is 0 Å². The lowest BCUT2D eigenvalue weighted by molar-refractivity contribution is 0.0639. The average Bonchev–Trinajstić information content (AvgIpc) is 2.25. The second-order valence-corrected chi connectivity index (χ2v) is 9.47. The van der Waals surface area contributed by atoms with Crippen LogP contribution >= 0.6 is 0 Å². The third-order valence-electron chi connectivity index (χ3n) is 2.63. The molecule has 21 heavy (non-hydrogen) atoms. The summed E-state index contributed by atoms with van der Waals surface area (Å²) in [6.07, 6.45) is 0.900. The normalized spacial score (nSPS) is 13.7. The Morgan fingerprint density at radius 1 is 1.24 bits per heavy atom. The second kappa shape index (κ2) is 5.64. The number of aliphatic hydroxyl groups is 1. The van der Waals surface area contributed by atoms with E-state index in [2.05, 4.69) is 0 Å². The molecule has 0 unspecified atom stereocenters. The first-order valence-electron chi connectivity index (χ1n) is 5.93. The van der Waals surface area contributed by atoms with Gasteiger partial charge in [-0.15, -0.1) is 0 Å². The van der Waals surface area contributed by atoms with E-state index < -0.39 is 36.2 Å². The van der Waals surface area contributed by atoms with Crippen molar-refractivity contribution in [1.29, 1.82) is 0 Å². The van der Waals surface area contributed by atoms with E-state index in [1.807, 2.05) is 0 Å². The molecule has 0 aliphatic rings. The highest BCUT2D eigenvalue weighted by atomic mass is 32.2. The maximum Gasteiger partial charge on any atom is 0.245 e. The third-order valence-corrected chi connectivity index (χ3v) is 5.56. The van der Waals surface area contributed by atoms with Crippen molar-refractivity contribution in [1.82, 2.24) is 4.31 Å². The number of hydrogen-bond acceptors (Lipinski definition) is 5. The Hall–Kier alpha value is -1.03. The summed E-state index contributed by atoms with van der Waals surface area (Å²) in [5.41, 5.74) is -1.31. The quantitative estimate of drug-likeness (QED) is 0.794. The molecule has 0 aliphatic carbocycles. The highest BCUT2D eigenvalue weighted by Gasteiger charge is 2.29. The van der Waals surface area contributed by atoms with Gasteiger partial charge in [0.05, 0.1) is 10.5 Å². The zero-order chi connectivity index (χ0) is 16.6. The topological polar surface area (TPSA) is 91.8 Å². The van der Waals surface area contributed by atoms with Gasteiger partial charge in [0.15, 0.2) is 9.84 Å². The van der Waals surface area contributed by atoms with Gasteiger partial charge in [-0.2, -0.15) is 4.31 Å². The summed E-state index contributed by atoms with van der Waals surface area (Å²) in [5, 5.41) is 9.66. The van der Waals surface area contributed by atoms with Crippen molar-refractivity contribution in [2.45, 2.75) is 29.2 Å². The Bertz CT molecular complexity index is 735. The monoisotopic (exact) mass is 339 g/mol. The molecule has 6 nitrogen and oxygen atoms in total. The minimum Gasteiger partial charge on any atom is -0.389 e. The first kappa shape index (κ1) is 18.0. The molecule has 1 aromatic rings. The van der Waals surface area contributed by atoms with Crippen LogP contribution in [0.2, 0.25) is 0 Å². The van der Waals surface area contributed by atoms with E-state index in [9.17, 15) is 26.3 Å². The number of nitrogens with zero attached hydrogens (tertiary/aromatic N) is 1. The number of likely N-dealkylation sites (N-methyl/N-ethyl adjacent to an activating group) is 1.